The van der Waals surface area contributed by atoms with Gasteiger partial charge in [0.25, 0.3) is 0 Å². The molecule has 0 fully saturated rings. The fourth-order valence-corrected chi connectivity index (χ4v) is 0.0772. The van der Waals surface area contributed by atoms with Crippen LogP contribution < -0.4 is 0 Å². The third-order valence-electron chi connectivity index (χ3n) is 0.202. The van der Waals surface area contributed by atoms with Crippen LogP contribution in [-0.4, -0.2) is 6.36 Å². The highest BCUT2D eigenvalue weighted by atomic mass is 19.4. The average molecular weight is 111 g/mol. The maximum atomic E-state index is 10.7. The molecule has 1 radical (unpaired) electrons. The van der Waals surface area contributed by atoms with Crippen molar-refractivity contribution in [1.29, 1.82) is 0 Å². The van der Waals surface area contributed by atoms with Crippen molar-refractivity contribution in [2.45, 2.75) is 6.36 Å². The van der Waals surface area contributed by atoms with E-state index in [9.17, 15) is 13.2 Å². The molecule has 1 nitrogen and oxygen atoms in total. The van der Waals surface area contributed by atoms with E-state index >= 15 is 0 Å². The van der Waals surface area contributed by atoms with Crippen molar-refractivity contribution in [1.82, 2.24) is 0 Å². The first-order valence-corrected chi connectivity index (χ1v) is 1.34. The molecule has 0 aromatic heterocycles. The monoisotopic (exact) mass is 111 g/mol. The third-order valence-corrected chi connectivity index (χ3v) is 0.202. The minimum Gasteiger partial charge on any atom is -0.414 e. The van der Waals surface area contributed by atoms with Gasteiger partial charge in [0, 0.05) is 0 Å². The van der Waals surface area contributed by atoms with Gasteiger partial charge in [-0.3, -0.25) is 0 Å². The van der Waals surface area contributed by atoms with E-state index in [1.807, 2.05) is 0 Å². The topological polar surface area (TPSA) is 9.23 Å². The first kappa shape index (κ1) is 6.33. The Morgan fingerprint density at radius 1 is 1.43 bits per heavy atom. The molecule has 4 heteroatoms. The third kappa shape index (κ3) is 5.33. The Morgan fingerprint density at radius 2 is 1.86 bits per heavy atom. The molecule has 0 aliphatic carbocycles. The van der Waals surface area contributed by atoms with Crippen LogP contribution >= 0.6 is 0 Å². The van der Waals surface area contributed by atoms with Crippen LogP contribution in [0.1, 0.15) is 0 Å². The Bertz CT molecular complexity index is 65.1. The summed E-state index contributed by atoms with van der Waals surface area (Å²) in [6, 6.07) is 0. The highest BCUT2D eigenvalue weighted by molar-refractivity contribution is 4.42. The molecule has 0 unspecified atom stereocenters. The zero-order chi connectivity index (χ0) is 5.91. The summed E-state index contributed by atoms with van der Waals surface area (Å²) in [7, 11) is 0. The van der Waals surface area contributed by atoms with E-state index in [1.54, 1.807) is 0 Å². The number of rotatable bonds is 1. The van der Waals surface area contributed by atoms with Crippen LogP contribution in [-0.2, 0) is 4.74 Å². The molecule has 0 rings (SSSR count). The van der Waals surface area contributed by atoms with E-state index in [0.717, 1.165) is 0 Å². The largest absolute Gasteiger partial charge is 0.572 e. The van der Waals surface area contributed by atoms with Gasteiger partial charge in [-0.1, -0.05) is 0 Å². The second-order valence-corrected chi connectivity index (χ2v) is 0.700. The molecule has 0 saturated heterocycles. The normalized spacial score (nSPS) is 10.7. The number of hydrogen-bond donors (Lipinski definition) is 0. The predicted molar refractivity (Wildman–Crippen MR) is 16.0 cm³/mol. The van der Waals surface area contributed by atoms with Gasteiger partial charge in [0.15, 0.2) is 0 Å². The lowest BCUT2D eigenvalue weighted by molar-refractivity contribution is -0.298. The average Bonchev–Trinajstić information content (AvgIpc) is 1.30. The Morgan fingerprint density at radius 3 is 1.86 bits per heavy atom. The first-order valence-electron chi connectivity index (χ1n) is 1.34. The molecule has 0 bridgehead atoms. The number of alkyl halides is 3. The van der Waals surface area contributed by atoms with Crippen LogP contribution in [0.5, 0.6) is 0 Å². The molecule has 7 heavy (non-hydrogen) atoms. The fraction of sp³-hybridized carbons (Fsp3) is 0.333. The Kier molecular flexibility index (Phi) is 1.68. The summed E-state index contributed by atoms with van der Waals surface area (Å²) in [6.45, 7) is 4.25. The molecular formula is C3H2F3O. The quantitative estimate of drug-likeness (QED) is 0.465. The zero-order valence-corrected chi connectivity index (χ0v) is 3.20. The first-order chi connectivity index (χ1) is 3.06. The van der Waals surface area contributed by atoms with Crippen molar-refractivity contribution in [3.8, 4) is 0 Å². The smallest absolute Gasteiger partial charge is 0.414 e. The summed E-state index contributed by atoms with van der Waals surface area (Å²) in [6.07, 6.45) is -4.55. The number of ether oxygens (including phenoxy) is 1. The van der Waals surface area contributed by atoms with Crippen molar-refractivity contribution in [3.05, 3.63) is 12.8 Å². The summed E-state index contributed by atoms with van der Waals surface area (Å²) < 4.78 is 35.0. The van der Waals surface area contributed by atoms with Gasteiger partial charge in [-0.2, -0.15) is 0 Å². The lowest BCUT2D eigenvalue weighted by Crippen LogP contribution is -2.07. The maximum absolute atomic E-state index is 10.7. The minimum atomic E-state index is -4.63. The van der Waals surface area contributed by atoms with Crippen LogP contribution in [0.2, 0.25) is 0 Å². The molecule has 0 amide bonds. The highest BCUT2D eigenvalue weighted by Gasteiger charge is 2.28. The second kappa shape index (κ2) is 1.86. The van der Waals surface area contributed by atoms with Crippen LogP contribution in [0.3, 0.4) is 0 Å². The summed E-state index contributed by atoms with van der Waals surface area (Å²) in [5.41, 5.74) is 0. The molecule has 0 heterocycles. The van der Waals surface area contributed by atoms with Gasteiger partial charge in [0.2, 0.25) is 0 Å². The zero-order valence-electron chi connectivity index (χ0n) is 3.20. The van der Waals surface area contributed by atoms with Gasteiger partial charge in [0.05, 0.1) is 6.26 Å². The molecule has 0 aliphatic heterocycles. The molecule has 41 valence electrons. The number of hydrogen-bond acceptors (Lipinski definition) is 1. The van der Waals surface area contributed by atoms with Crippen molar-refractivity contribution < 1.29 is 17.9 Å². The molecule has 0 aromatic rings. The molecule has 0 atom stereocenters. The van der Waals surface area contributed by atoms with Gasteiger partial charge in [-0.15, -0.1) is 13.2 Å². The van der Waals surface area contributed by atoms with Crippen molar-refractivity contribution in [2.75, 3.05) is 0 Å². The van der Waals surface area contributed by atoms with Crippen molar-refractivity contribution in [3.63, 3.8) is 0 Å². The summed E-state index contributed by atoms with van der Waals surface area (Å²) in [5.74, 6) is 0. The van der Waals surface area contributed by atoms with E-state index in [1.165, 1.54) is 0 Å². The second-order valence-electron chi connectivity index (χ2n) is 0.700. The fourth-order valence-electron chi connectivity index (χ4n) is 0.0772. The molecule has 0 spiro atoms. The summed E-state index contributed by atoms with van der Waals surface area (Å²) >= 11 is 0. The van der Waals surface area contributed by atoms with Crippen LogP contribution in [0.25, 0.3) is 0 Å². The van der Waals surface area contributed by atoms with Crippen LogP contribution in [0, 0.1) is 6.58 Å². The lowest BCUT2D eigenvalue weighted by Gasteiger charge is -2.00. The molecule has 0 N–H and O–H groups in total. The summed E-state index contributed by atoms with van der Waals surface area (Å²) in [4.78, 5) is 0. The van der Waals surface area contributed by atoms with Gasteiger partial charge in [-0.05, 0) is 6.58 Å². The standard InChI is InChI=1S/C3H2F3O/c1-2-7-3(4,5)6/h1-2H. The van der Waals surface area contributed by atoms with Gasteiger partial charge in [-0.25, -0.2) is 0 Å². The van der Waals surface area contributed by atoms with E-state index < -0.39 is 6.36 Å². The SMILES string of the molecule is [CH]=COC(F)(F)F. The van der Waals surface area contributed by atoms with Crippen LogP contribution in [0.15, 0.2) is 6.26 Å². The molecule has 0 aromatic carbocycles. The van der Waals surface area contributed by atoms with E-state index in [-0.39, 0.29) is 6.26 Å². The Balaban J connectivity index is 3.34. The maximum Gasteiger partial charge on any atom is 0.572 e. The van der Waals surface area contributed by atoms with E-state index in [4.69, 9.17) is 0 Å². The number of halogens is 3. The van der Waals surface area contributed by atoms with Crippen molar-refractivity contribution in [2.24, 2.45) is 0 Å². The Hall–Kier alpha value is -0.670. The highest BCUT2D eigenvalue weighted by Crippen LogP contribution is 2.15. The molecular weight excluding hydrogens is 109 g/mol. The predicted octanol–water partition coefficient (Wildman–Crippen LogP) is 1.47. The van der Waals surface area contributed by atoms with Crippen molar-refractivity contribution >= 4 is 0 Å². The van der Waals surface area contributed by atoms with Crippen LogP contribution in [0.4, 0.5) is 13.2 Å². The van der Waals surface area contributed by atoms with E-state index in [0.29, 0.717) is 0 Å². The van der Waals surface area contributed by atoms with Gasteiger partial charge >= 0.3 is 6.36 Å². The summed E-state index contributed by atoms with van der Waals surface area (Å²) in [5, 5.41) is 0. The van der Waals surface area contributed by atoms with Gasteiger partial charge < -0.3 is 4.74 Å². The van der Waals surface area contributed by atoms with Gasteiger partial charge in [0.1, 0.15) is 0 Å². The lowest BCUT2D eigenvalue weighted by atomic mass is 11.1. The molecule has 0 aliphatic rings. The molecule has 0 saturated carbocycles. The Labute approximate surface area is 38.4 Å². The minimum absolute atomic E-state index is 0.0833. The van der Waals surface area contributed by atoms with E-state index in [2.05, 4.69) is 11.3 Å².